The Hall–Kier alpha value is -2.60. The van der Waals surface area contributed by atoms with Gasteiger partial charge in [0.15, 0.2) is 0 Å². The third kappa shape index (κ3) is 3.65. The van der Waals surface area contributed by atoms with Crippen LogP contribution in [0.15, 0.2) is 53.4 Å². The fourth-order valence-electron chi connectivity index (χ4n) is 2.10. The van der Waals surface area contributed by atoms with Gasteiger partial charge in [-0.3, -0.25) is 14.5 Å². The maximum atomic E-state index is 12.8. The Morgan fingerprint density at radius 3 is 2.33 bits per heavy atom. The highest BCUT2D eigenvalue weighted by atomic mass is 32.2. The van der Waals surface area contributed by atoms with Crippen molar-refractivity contribution in [2.24, 2.45) is 0 Å². The molecule has 0 unspecified atom stereocenters. The Bertz CT molecular complexity index is 800. The summed E-state index contributed by atoms with van der Waals surface area (Å²) in [5.74, 6) is 0.0984. The van der Waals surface area contributed by atoms with Crippen molar-refractivity contribution in [3.05, 3.63) is 70.4 Å². The van der Waals surface area contributed by atoms with Gasteiger partial charge in [0.05, 0.1) is 4.91 Å². The number of carbonyl (C=O) groups excluding carboxylic acids is 2. The number of likely N-dealkylation sites (N-methyl/N-ethyl adjacent to an activating group) is 1. The number of carbonyl (C=O) groups is 2. The van der Waals surface area contributed by atoms with Gasteiger partial charge in [-0.2, -0.15) is 0 Å². The molecular weight excluding hydrogens is 329 g/mol. The van der Waals surface area contributed by atoms with Gasteiger partial charge < -0.3 is 4.74 Å². The second-order valence-corrected chi connectivity index (χ2v) is 6.22. The number of hydrogen-bond donors (Lipinski definition) is 0. The Balaban J connectivity index is 1.64. The third-order valence-electron chi connectivity index (χ3n) is 3.48. The SMILES string of the molecule is CN1C(=O)SC(=Cc2ccc(OCc3ccc(F)cc3)cc2)C1=O. The van der Waals surface area contributed by atoms with E-state index in [2.05, 4.69) is 0 Å². The first-order valence-corrected chi connectivity index (χ1v) is 8.03. The molecule has 4 nitrogen and oxygen atoms in total. The minimum atomic E-state index is -0.290. The predicted molar refractivity (Wildman–Crippen MR) is 90.9 cm³/mol. The molecule has 0 atom stereocenters. The molecule has 2 aromatic rings. The second-order valence-electron chi connectivity index (χ2n) is 5.22. The first-order valence-electron chi connectivity index (χ1n) is 7.22. The molecule has 0 radical (unpaired) electrons. The molecule has 1 heterocycles. The summed E-state index contributed by atoms with van der Waals surface area (Å²) in [5.41, 5.74) is 1.68. The van der Waals surface area contributed by atoms with Crippen LogP contribution in [0.4, 0.5) is 9.18 Å². The van der Waals surface area contributed by atoms with Crippen LogP contribution in [-0.2, 0) is 11.4 Å². The van der Waals surface area contributed by atoms with Gasteiger partial charge in [0.25, 0.3) is 11.1 Å². The number of nitrogens with zero attached hydrogens (tertiary/aromatic N) is 1. The van der Waals surface area contributed by atoms with Crippen LogP contribution in [0, 0.1) is 5.82 Å². The monoisotopic (exact) mass is 343 g/mol. The Labute approximate surface area is 142 Å². The highest BCUT2D eigenvalue weighted by Crippen LogP contribution is 2.31. The molecule has 1 saturated heterocycles. The minimum absolute atomic E-state index is 0.273. The lowest BCUT2D eigenvalue weighted by molar-refractivity contribution is -0.121. The van der Waals surface area contributed by atoms with Crippen molar-refractivity contribution in [3.8, 4) is 5.75 Å². The lowest BCUT2D eigenvalue weighted by Gasteiger charge is -2.06. The molecule has 0 N–H and O–H groups in total. The zero-order valence-electron chi connectivity index (χ0n) is 12.9. The summed E-state index contributed by atoms with van der Waals surface area (Å²) in [6, 6.07) is 13.3. The number of halogens is 1. The van der Waals surface area contributed by atoms with E-state index in [0.29, 0.717) is 17.3 Å². The van der Waals surface area contributed by atoms with Crippen molar-refractivity contribution in [2.45, 2.75) is 6.61 Å². The van der Waals surface area contributed by atoms with E-state index in [1.807, 2.05) is 12.1 Å². The van der Waals surface area contributed by atoms with Gasteiger partial charge in [-0.05, 0) is 53.2 Å². The number of hydrogen-bond acceptors (Lipinski definition) is 4. The Kier molecular flexibility index (Phi) is 4.66. The van der Waals surface area contributed by atoms with Crippen LogP contribution in [0.2, 0.25) is 0 Å². The van der Waals surface area contributed by atoms with Crippen molar-refractivity contribution in [1.82, 2.24) is 4.90 Å². The topological polar surface area (TPSA) is 46.6 Å². The van der Waals surface area contributed by atoms with Crippen LogP contribution < -0.4 is 4.74 Å². The summed E-state index contributed by atoms with van der Waals surface area (Å²) in [5, 5.41) is -0.273. The molecule has 6 heteroatoms. The second kappa shape index (κ2) is 6.88. The van der Waals surface area contributed by atoms with Crippen LogP contribution in [-0.4, -0.2) is 23.1 Å². The summed E-state index contributed by atoms with van der Waals surface area (Å²) >= 11 is 0.926. The molecule has 122 valence electrons. The first-order chi connectivity index (χ1) is 11.5. The van der Waals surface area contributed by atoms with Gasteiger partial charge in [0.2, 0.25) is 0 Å². The molecule has 1 aliphatic heterocycles. The van der Waals surface area contributed by atoms with Crippen LogP contribution in [0.5, 0.6) is 5.75 Å². The first kappa shape index (κ1) is 16.3. The van der Waals surface area contributed by atoms with Gasteiger partial charge in [0, 0.05) is 7.05 Å². The fraction of sp³-hybridized carbons (Fsp3) is 0.111. The molecule has 0 aromatic heterocycles. The van der Waals surface area contributed by atoms with Crippen LogP contribution >= 0.6 is 11.8 Å². The molecule has 2 aromatic carbocycles. The predicted octanol–water partition coefficient (Wildman–Crippen LogP) is 4.07. The van der Waals surface area contributed by atoms with Crippen LogP contribution in [0.3, 0.4) is 0 Å². The smallest absolute Gasteiger partial charge is 0.293 e. The number of thioether (sulfide) groups is 1. The highest BCUT2D eigenvalue weighted by Gasteiger charge is 2.31. The summed E-state index contributed by atoms with van der Waals surface area (Å²) in [6.07, 6.45) is 1.68. The fourth-order valence-corrected chi connectivity index (χ4v) is 2.93. The number of rotatable bonds is 4. The molecule has 3 rings (SSSR count). The van der Waals surface area contributed by atoms with Crippen molar-refractivity contribution in [3.63, 3.8) is 0 Å². The van der Waals surface area contributed by atoms with E-state index in [9.17, 15) is 14.0 Å². The molecule has 0 spiro atoms. The number of amides is 2. The van der Waals surface area contributed by atoms with Gasteiger partial charge in [-0.1, -0.05) is 24.3 Å². The molecule has 2 amide bonds. The maximum Gasteiger partial charge on any atom is 0.293 e. The minimum Gasteiger partial charge on any atom is -0.489 e. The normalized spacial score (nSPS) is 16.1. The van der Waals surface area contributed by atoms with Gasteiger partial charge in [0.1, 0.15) is 18.2 Å². The molecule has 0 bridgehead atoms. The van der Waals surface area contributed by atoms with E-state index in [1.54, 1.807) is 30.3 Å². The molecule has 24 heavy (non-hydrogen) atoms. The Morgan fingerprint density at radius 1 is 1.08 bits per heavy atom. The number of ether oxygens (including phenoxy) is 1. The standard InChI is InChI=1S/C18H14FNO3S/c1-20-17(21)16(24-18(20)22)10-12-4-8-15(9-5-12)23-11-13-2-6-14(19)7-3-13/h2-10H,11H2,1H3. The van der Waals surface area contributed by atoms with Gasteiger partial charge in [-0.25, -0.2) is 4.39 Å². The van der Waals surface area contributed by atoms with Crippen LogP contribution in [0.25, 0.3) is 6.08 Å². The van der Waals surface area contributed by atoms with Crippen molar-refractivity contribution in [1.29, 1.82) is 0 Å². The highest BCUT2D eigenvalue weighted by molar-refractivity contribution is 8.18. The van der Waals surface area contributed by atoms with Crippen molar-refractivity contribution in [2.75, 3.05) is 7.05 Å². The molecule has 0 saturated carbocycles. The van der Waals surface area contributed by atoms with Crippen molar-refractivity contribution < 1.29 is 18.7 Å². The molecule has 0 aliphatic carbocycles. The van der Waals surface area contributed by atoms with Crippen molar-refractivity contribution >= 4 is 29.0 Å². The summed E-state index contributed by atoms with van der Waals surface area (Å²) in [4.78, 5) is 24.8. The Morgan fingerprint density at radius 2 is 1.75 bits per heavy atom. The lowest BCUT2D eigenvalue weighted by Crippen LogP contribution is -2.22. The quantitative estimate of drug-likeness (QED) is 0.785. The summed E-state index contributed by atoms with van der Waals surface area (Å²) in [7, 11) is 1.46. The summed E-state index contributed by atoms with van der Waals surface area (Å²) in [6.45, 7) is 0.342. The van der Waals surface area contributed by atoms with E-state index in [1.165, 1.54) is 19.2 Å². The maximum absolute atomic E-state index is 12.8. The van der Waals surface area contributed by atoms with Crippen LogP contribution in [0.1, 0.15) is 11.1 Å². The zero-order valence-corrected chi connectivity index (χ0v) is 13.7. The van der Waals surface area contributed by atoms with Gasteiger partial charge >= 0.3 is 0 Å². The lowest BCUT2D eigenvalue weighted by atomic mass is 10.2. The van der Waals surface area contributed by atoms with E-state index < -0.39 is 0 Å². The van der Waals surface area contributed by atoms with E-state index in [0.717, 1.165) is 27.8 Å². The largest absolute Gasteiger partial charge is 0.489 e. The zero-order chi connectivity index (χ0) is 17.1. The van der Waals surface area contributed by atoms with E-state index in [-0.39, 0.29) is 17.0 Å². The molecular formula is C18H14FNO3S. The average molecular weight is 343 g/mol. The number of imide groups is 1. The van der Waals surface area contributed by atoms with E-state index >= 15 is 0 Å². The van der Waals surface area contributed by atoms with Gasteiger partial charge in [-0.15, -0.1) is 0 Å². The number of benzene rings is 2. The third-order valence-corrected chi connectivity index (χ3v) is 4.44. The average Bonchev–Trinajstić information content (AvgIpc) is 2.83. The molecule has 1 fully saturated rings. The van der Waals surface area contributed by atoms with E-state index in [4.69, 9.17) is 4.74 Å². The molecule has 1 aliphatic rings. The summed E-state index contributed by atoms with van der Waals surface area (Å²) < 4.78 is 18.5.